The van der Waals surface area contributed by atoms with E-state index in [4.69, 9.17) is 4.74 Å². The van der Waals surface area contributed by atoms with E-state index in [1.807, 2.05) is 6.92 Å². The number of thiazole rings is 1. The third-order valence-electron chi connectivity index (χ3n) is 4.55. The average Bonchev–Trinajstić information content (AvgIpc) is 2.95. The van der Waals surface area contributed by atoms with E-state index < -0.39 is 22.0 Å². The molecule has 0 spiro atoms. The second-order valence-corrected chi connectivity index (χ2v) is 9.61. The number of anilines is 2. The highest BCUT2D eigenvalue weighted by Crippen LogP contribution is 2.25. The number of aryl methyl sites for hydroxylation is 1. The maximum atomic E-state index is 12.8. The maximum Gasteiger partial charge on any atom is 0.307 e. The molecule has 0 saturated carbocycles. The largest absolute Gasteiger partial charge is 0.494 e. The Labute approximate surface area is 178 Å². The van der Waals surface area contributed by atoms with Crippen LogP contribution in [0.15, 0.2) is 47.3 Å². The van der Waals surface area contributed by atoms with E-state index in [0.717, 1.165) is 32.1 Å². The van der Waals surface area contributed by atoms with Gasteiger partial charge in [-0.3, -0.25) is 13.9 Å². The van der Waals surface area contributed by atoms with Gasteiger partial charge in [-0.05, 0) is 56.3 Å². The zero-order valence-electron chi connectivity index (χ0n) is 17.1. The van der Waals surface area contributed by atoms with Crippen LogP contribution < -0.4 is 19.2 Å². The van der Waals surface area contributed by atoms with Gasteiger partial charge in [0.2, 0.25) is 15.9 Å². The fourth-order valence-electron chi connectivity index (χ4n) is 3.12. The minimum absolute atomic E-state index is 0.0967. The quantitative estimate of drug-likeness (QED) is 0.598. The SMILES string of the molecule is CCOc1ccc(N([C@@H](C)C(=O)Nc2ccc3c(c2)sc(=O)n3C)S(C)(=O)=O)cc1. The summed E-state index contributed by atoms with van der Waals surface area (Å²) in [5.41, 5.74) is 1.62. The Morgan fingerprint density at radius 1 is 1.23 bits per heavy atom. The molecular formula is C20H23N3O5S2. The van der Waals surface area contributed by atoms with Crippen LogP contribution in [0.5, 0.6) is 5.75 Å². The van der Waals surface area contributed by atoms with E-state index in [2.05, 4.69) is 5.32 Å². The molecule has 1 amide bonds. The first-order valence-electron chi connectivity index (χ1n) is 9.24. The van der Waals surface area contributed by atoms with Gasteiger partial charge in [0.15, 0.2) is 0 Å². The molecule has 3 rings (SSSR count). The second kappa shape index (κ2) is 8.49. The average molecular weight is 450 g/mol. The van der Waals surface area contributed by atoms with E-state index in [9.17, 15) is 18.0 Å². The van der Waals surface area contributed by atoms with Crippen molar-refractivity contribution in [2.45, 2.75) is 19.9 Å². The normalized spacial score (nSPS) is 12.5. The first-order valence-corrected chi connectivity index (χ1v) is 11.9. The van der Waals surface area contributed by atoms with Gasteiger partial charge in [0.05, 0.1) is 28.8 Å². The fourth-order valence-corrected chi connectivity index (χ4v) is 5.22. The Morgan fingerprint density at radius 3 is 2.50 bits per heavy atom. The molecule has 160 valence electrons. The Kier molecular flexibility index (Phi) is 6.18. The number of carbonyl (C=O) groups is 1. The van der Waals surface area contributed by atoms with Crippen molar-refractivity contribution in [2.75, 3.05) is 22.5 Å². The zero-order valence-corrected chi connectivity index (χ0v) is 18.7. The number of carbonyl (C=O) groups excluding carboxylic acids is 1. The molecule has 10 heteroatoms. The van der Waals surface area contributed by atoms with Gasteiger partial charge in [0, 0.05) is 12.7 Å². The summed E-state index contributed by atoms with van der Waals surface area (Å²) in [6, 6.07) is 10.7. The van der Waals surface area contributed by atoms with Crippen LogP contribution in [0.25, 0.3) is 10.2 Å². The van der Waals surface area contributed by atoms with Crippen LogP contribution in [0, 0.1) is 0 Å². The molecule has 0 fully saturated rings. The number of fused-ring (bicyclic) bond motifs is 1. The molecule has 0 aliphatic rings. The number of nitrogens with zero attached hydrogens (tertiary/aromatic N) is 2. The van der Waals surface area contributed by atoms with Crippen molar-refractivity contribution in [3.8, 4) is 5.75 Å². The molecule has 3 aromatic rings. The maximum absolute atomic E-state index is 12.8. The molecule has 0 aliphatic heterocycles. The second-order valence-electron chi connectivity index (χ2n) is 6.76. The monoisotopic (exact) mass is 449 g/mol. The minimum Gasteiger partial charge on any atom is -0.494 e. The molecule has 1 aromatic heterocycles. The minimum atomic E-state index is -3.73. The van der Waals surface area contributed by atoms with Crippen LogP contribution in [-0.4, -0.2) is 37.8 Å². The predicted octanol–water partition coefficient (Wildman–Crippen LogP) is 2.79. The summed E-state index contributed by atoms with van der Waals surface area (Å²) in [4.78, 5) is 24.6. The van der Waals surface area contributed by atoms with Crippen molar-refractivity contribution >= 4 is 48.9 Å². The molecule has 0 unspecified atom stereocenters. The van der Waals surface area contributed by atoms with Crippen molar-refractivity contribution in [3.63, 3.8) is 0 Å². The Balaban J connectivity index is 1.86. The lowest BCUT2D eigenvalue weighted by Gasteiger charge is -2.28. The lowest BCUT2D eigenvalue weighted by molar-refractivity contribution is -0.116. The summed E-state index contributed by atoms with van der Waals surface area (Å²) in [6.45, 7) is 3.87. The van der Waals surface area contributed by atoms with Crippen LogP contribution in [0.1, 0.15) is 13.8 Å². The zero-order chi connectivity index (χ0) is 22.1. The van der Waals surface area contributed by atoms with Crippen LogP contribution in [0.4, 0.5) is 11.4 Å². The lowest BCUT2D eigenvalue weighted by Crippen LogP contribution is -2.45. The van der Waals surface area contributed by atoms with Crippen molar-refractivity contribution in [1.29, 1.82) is 0 Å². The fraction of sp³-hybridized carbons (Fsp3) is 0.300. The molecule has 8 nitrogen and oxygen atoms in total. The van der Waals surface area contributed by atoms with E-state index in [1.54, 1.807) is 49.5 Å². The highest BCUT2D eigenvalue weighted by molar-refractivity contribution is 7.92. The molecule has 30 heavy (non-hydrogen) atoms. The molecule has 2 aromatic carbocycles. The van der Waals surface area contributed by atoms with Gasteiger partial charge in [-0.1, -0.05) is 11.3 Å². The Morgan fingerprint density at radius 2 is 1.90 bits per heavy atom. The number of hydrogen-bond donors (Lipinski definition) is 1. The molecule has 0 bridgehead atoms. The van der Waals surface area contributed by atoms with E-state index in [0.29, 0.717) is 23.7 Å². The molecule has 1 N–H and O–H groups in total. The van der Waals surface area contributed by atoms with E-state index >= 15 is 0 Å². The molecule has 0 aliphatic carbocycles. The summed E-state index contributed by atoms with van der Waals surface area (Å²) in [5.74, 6) is 0.124. The highest BCUT2D eigenvalue weighted by atomic mass is 32.2. The standard InChI is InChI=1S/C20H23N3O5S2/c1-5-28-16-9-7-15(8-10-16)23(30(4,26)27)13(2)19(24)21-14-6-11-17-18(12-14)29-20(25)22(17)3/h6-13H,5H2,1-4H3,(H,21,24)/t13-/m0/s1. The van der Waals surface area contributed by atoms with Gasteiger partial charge in [-0.15, -0.1) is 0 Å². The van der Waals surface area contributed by atoms with Crippen LogP contribution in [0.2, 0.25) is 0 Å². The van der Waals surface area contributed by atoms with Gasteiger partial charge < -0.3 is 14.6 Å². The van der Waals surface area contributed by atoms with E-state index in [-0.39, 0.29) is 4.87 Å². The number of aromatic nitrogens is 1. The van der Waals surface area contributed by atoms with E-state index in [1.165, 1.54) is 11.5 Å². The summed E-state index contributed by atoms with van der Waals surface area (Å²) in [6.07, 6.45) is 1.06. The van der Waals surface area contributed by atoms with Crippen molar-refractivity contribution < 1.29 is 17.9 Å². The topological polar surface area (TPSA) is 97.7 Å². The van der Waals surface area contributed by atoms with Crippen molar-refractivity contribution in [2.24, 2.45) is 7.05 Å². The molecular weight excluding hydrogens is 426 g/mol. The van der Waals surface area contributed by atoms with Crippen molar-refractivity contribution in [1.82, 2.24) is 4.57 Å². The third kappa shape index (κ3) is 4.49. The van der Waals surface area contributed by atoms with Gasteiger partial charge in [0.25, 0.3) is 0 Å². The summed E-state index contributed by atoms with van der Waals surface area (Å²) >= 11 is 1.08. The smallest absolute Gasteiger partial charge is 0.307 e. The highest BCUT2D eigenvalue weighted by Gasteiger charge is 2.29. The number of sulfonamides is 1. The van der Waals surface area contributed by atoms with Gasteiger partial charge in [-0.25, -0.2) is 8.42 Å². The van der Waals surface area contributed by atoms with Gasteiger partial charge >= 0.3 is 4.87 Å². The Bertz CT molecular complexity index is 1230. The summed E-state index contributed by atoms with van der Waals surface area (Å²) in [5, 5.41) is 2.74. The number of nitrogens with one attached hydrogen (secondary N) is 1. The predicted molar refractivity (Wildman–Crippen MR) is 120 cm³/mol. The number of benzene rings is 2. The summed E-state index contributed by atoms with van der Waals surface area (Å²) in [7, 11) is -2.04. The molecule has 0 saturated heterocycles. The Hall–Kier alpha value is -2.85. The number of hydrogen-bond acceptors (Lipinski definition) is 6. The number of ether oxygens (including phenoxy) is 1. The first-order chi connectivity index (χ1) is 14.1. The van der Waals surface area contributed by atoms with Crippen LogP contribution in [-0.2, 0) is 21.9 Å². The first kappa shape index (κ1) is 21.8. The lowest BCUT2D eigenvalue weighted by atomic mass is 10.2. The van der Waals surface area contributed by atoms with Crippen LogP contribution in [0.3, 0.4) is 0 Å². The van der Waals surface area contributed by atoms with Gasteiger partial charge in [-0.2, -0.15) is 0 Å². The summed E-state index contributed by atoms with van der Waals surface area (Å²) < 4.78 is 33.6. The molecule has 1 heterocycles. The van der Waals surface area contributed by atoms with Gasteiger partial charge in [0.1, 0.15) is 11.8 Å². The van der Waals surface area contributed by atoms with Crippen LogP contribution >= 0.6 is 11.3 Å². The molecule has 0 radical (unpaired) electrons. The third-order valence-corrected chi connectivity index (χ3v) is 6.79. The number of amides is 1. The molecule has 1 atom stereocenters. The van der Waals surface area contributed by atoms with Crippen molar-refractivity contribution in [3.05, 3.63) is 52.1 Å². The number of rotatable bonds is 7.